The van der Waals surface area contributed by atoms with E-state index < -0.39 is 17.8 Å². The molecule has 9 nitrogen and oxygen atoms in total. The van der Waals surface area contributed by atoms with Gasteiger partial charge in [0.25, 0.3) is 0 Å². The average molecular weight is 492 g/mol. The fourth-order valence-corrected chi connectivity index (χ4v) is 4.07. The number of likely N-dealkylation sites (tertiary alicyclic amines) is 1. The lowest BCUT2D eigenvalue weighted by molar-refractivity contribution is -0.0104. The number of anilines is 2. The lowest BCUT2D eigenvalue weighted by atomic mass is 9.94. The molecule has 1 fully saturated rings. The number of amides is 1. The Morgan fingerprint density at radius 2 is 1.81 bits per heavy atom. The second kappa shape index (κ2) is 10.8. The number of nitrogens with one attached hydrogen (secondary N) is 1. The zero-order valence-electron chi connectivity index (χ0n) is 20.8. The molecule has 0 radical (unpaired) electrons. The van der Waals surface area contributed by atoms with Crippen molar-refractivity contribution in [3.63, 3.8) is 0 Å². The Kier molecular flexibility index (Phi) is 7.59. The van der Waals surface area contributed by atoms with Gasteiger partial charge in [-0.3, -0.25) is 0 Å². The molecule has 9 heteroatoms. The van der Waals surface area contributed by atoms with Gasteiger partial charge in [0.15, 0.2) is 0 Å². The number of carbonyl (C=O) groups is 1. The number of aliphatic hydroxyl groups is 1. The molecular formula is C27H33N5O4. The standard InChI is InChI=1S/C27H33N5O4/c1-27(2,3)36-26(34)32-14-13-19(22(33)16-32)15-29-25-23(24(28)30-17-31-25)18-9-11-21(12-10-18)35-20-7-5-4-6-8-20/h4-12,17,19,22,33H,13-16H2,1-3H3,(H3,28,29,30,31)/t19-,22+/m1/s1. The Labute approximate surface area is 211 Å². The SMILES string of the molecule is CC(C)(C)OC(=O)N1CC[C@H](CNc2ncnc(N)c2-c2ccc(Oc3ccccc3)cc2)[C@@H](O)C1. The minimum atomic E-state index is -0.684. The van der Waals surface area contributed by atoms with Gasteiger partial charge < -0.3 is 30.5 Å². The van der Waals surface area contributed by atoms with Crippen LogP contribution in [0, 0.1) is 5.92 Å². The normalized spacial score (nSPS) is 17.9. The Hall–Kier alpha value is -3.85. The molecule has 0 bridgehead atoms. The maximum Gasteiger partial charge on any atom is 0.410 e. The topological polar surface area (TPSA) is 123 Å². The molecule has 0 spiro atoms. The van der Waals surface area contributed by atoms with Gasteiger partial charge in [0.1, 0.15) is 35.1 Å². The number of β-amino-alcohol motifs (C(OH)–C–C–N with tert-alkyl or cyclic N) is 1. The Bertz CT molecular complexity index is 1170. The predicted molar refractivity (Wildman–Crippen MR) is 139 cm³/mol. The van der Waals surface area contributed by atoms with E-state index in [-0.39, 0.29) is 12.5 Å². The average Bonchev–Trinajstić information content (AvgIpc) is 2.83. The minimum absolute atomic E-state index is 0.0608. The van der Waals surface area contributed by atoms with Crippen LogP contribution in [-0.2, 0) is 4.74 Å². The quantitative estimate of drug-likeness (QED) is 0.459. The van der Waals surface area contributed by atoms with Crippen LogP contribution in [0.25, 0.3) is 11.1 Å². The zero-order chi connectivity index (χ0) is 25.7. The number of carbonyl (C=O) groups excluding carboxylic acids is 1. The number of aliphatic hydroxyl groups excluding tert-OH is 1. The number of rotatable bonds is 6. The largest absolute Gasteiger partial charge is 0.457 e. The first kappa shape index (κ1) is 25.2. The number of piperidine rings is 1. The first-order valence-corrected chi connectivity index (χ1v) is 12.0. The first-order valence-electron chi connectivity index (χ1n) is 12.0. The molecule has 0 aliphatic carbocycles. The number of ether oxygens (including phenoxy) is 2. The van der Waals surface area contributed by atoms with E-state index in [2.05, 4.69) is 15.3 Å². The first-order chi connectivity index (χ1) is 17.2. The van der Waals surface area contributed by atoms with Crippen LogP contribution in [0.5, 0.6) is 11.5 Å². The summed E-state index contributed by atoms with van der Waals surface area (Å²) in [6, 6.07) is 17.1. The summed E-state index contributed by atoms with van der Waals surface area (Å²) in [5.74, 6) is 2.33. The number of para-hydroxylation sites is 1. The molecule has 190 valence electrons. The molecule has 0 saturated carbocycles. The molecule has 1 aliphatic rings. The van der Waals surface area contributed by atoms with Crippen LogP contribution in [0.1, 0.15) is 27.2 Å². The van der Waals surface area contributed by atoms with E-state index in [4.69, 9.17) is 15.2 Å². The molecule has 4 rings (SSSR count). The van der Waals surface area contributed by atoms with Crippen LogP contribution < -0.4 is 15.8 Å². The minimum Gasteiger partial charge on any atom is -0.457 e. The summed E-state index contributed by atoms with van der Waals surface area (Å²) in [7, 11) is 0. The van der Waals surface area contributed by atoms with Gasteiger partial charge in [-0.05, 0) is 57.0 Å². The van der Waals surface area contributed by atoms with Crippen molar-refractivity contribution in [2.45, 2.75) is 38.9 Å². The molecule has 1 amide bonds. The number of benzene rings is 2. The number of nitrogens with two attached hydrogens (primary N) is 1. The van der Waals surface area contributed by atoms with Crippen molar-refractivity contribution < 1.29 is 19.4 Å². The summed E-state index contributed by atoms with van der Waals surface area (Å²) in [4.78, 5) is 22.5. The molecule has 36 heavy (non-hydrogen) atoms. The van der Waals surface area contributed by atoms with Crippen molar-refractivity contribution >= 4 is 17.7 Å². The van der Waals surface area contributed by atoms with E-state index in [0.29, 0.717) is 42.5 Å². The van der Waals surface area contributed by atoms with Gasteiger partial charge in [0, 0.05) is 19.0 Å². The molecule has 3 aromatic rings. The highest BCUT2D eigenvalue weighted by Gasteiger charge is 2.32. The molecule has 1 saturated heterocycles. The second-order valence-electron chi connectivity index (χ2n) is 9.85. The molecule has 0 unspecified atom stereocenters. The molecule has 2 heterocycles. The summed E-state index contributed by atoms with van der Waals surface area (Å²) in [6.45, 7) is 6.69. The molecule has 1 aromatic heterocycles. The predicted octanol–water partition coefficient (Wildman–Crippen LogP) is 4.55. The van der Waals surface area contributed by atoms with Crippen molar-refractivity contribution in [2.75, 3.05) is 30.7 Å². The third kappa shape index (κ3) is 6.42. The summed E-state index contributed by atoms with van der Waals surface area (Å²) in [5, 5.41) is 14.0. The highest BCUT2D eigenvalue weighted by Crippen LogP contribution is 2.33. The van der Waals surface area contributed by atoms with Crippen molar-refractivity contribution in [3.05, 3.63) is 60.9 Å². The fourth-order valence-electron chi connectivity index (χ4n) is 4.07. The van der Waals surface area contributed by atoms with Crippen molar-refractivity contribution in [1.29, 1.82) is 0 Å². The van der Waals surface area contributed by atoms with E-state index in [1.165, 1.54) is 6.33 Å². The summed E-state index contributed by atoms with van der Waals surface area (Å²) in [5.41, 5.74) is 7.18. The maximum absolute atomic E-state index is 12.3. The van der Waals surface area contributed by atoms with Gasteiger partial charge in [-0.25, -0.2) is 14.8 Å². The van der Waals surface area contributed by atoms with Gasteiger partial charge in [-0.1, -0.05) is 30.3 Å². The number of aromatic nitrogens is 2. The number of nitrogen functional groups attached to an aromatic ring is 1. The molecule has 4 N–H and O–H groups in total. The molecule has 2 aromatic carbocycles. The van der Waals surface area contributed by atoms with Gasteiger partial charge in [-0.2, -0.15) is 0 Å². The van der Waals surface area contributed by atoms with Crippen LogP contribution in [-0.4, -0.2) is 57.4 Å². The second-order valence-corrected chi connectivity index (χ2v) is 9.85. The summed E-state index contributed by atoms with van der Waals surface area (Å²) in [6.07, 6.45) is 0.957. The summed E-state index contributed by atoms with van der Waals surface area (Å²) >= 11 is 0. The van der Waals surface area contributed by atoms with E-state index in [1.807, 2.05) is 75.4 Å². The van der Waals surface area contributed by atoms with Crippen LogP contribution in [0.3, 0.4) is 0 Å². The lowest BCUT2D eigenvalue weighted by Gasteiger charge is -2.36. The van der Waals surface area contributed by atoms with Crippen LogP contribution in [0.4, 0.5) is 16.4 Å². The van der Waals surface area contributed by atoms with Gasteiger partial charge in [0.05, 0.1) is 18.2 Å². The van der Waals surface area contributed by atoms with Gasteiger partial charge in [-0.15, -0.1) is 0 Å². The maximum atomic E-state index is 12.3. The lowest BCUT2D eigenvalue weighted by Crippen LogP contribution is -2.49. The van der Waals surface area contributed by atoms with Crippen molar-refractivity contribution in [2.24, 2.45) is 5.92 Å². The van der Waals surface area contributed by atoms with Crippen LogP contribution in [0.15, 0.2) is 60.9 Å². The third-order valence-corrected chi connectivity index (χ3v) is 5.90. The Morgan fingerprint density at radius 1 is 1.11 bits per heavy atom. The monoisotopic (exact) mass is 491 g/mol. The van der Waals surface area contributed by atoms with Crippen molar-refractivity contribution in [1.82, 2.24) is 14.9 Å². The highest BCUT2D eigenvalue weighted by molar-refractivity contribution is 5.83. The fraction of sp³-hybridized carbons (Fsp3) is 0.370. The van der Waals surface area contributed by atoms with E-state index in [1.54, 1.807) is 4.90 Å². The zero-order valence-corrected chi connectivity index (χ0v) is 20.8. The van der Waals surface area contributed by atoms with Crippen molar-refractivity contribution in [3.8, 4) is 22.6 Å². The number of hydrogen-bond donors (Lipinski definition) is 3. The summed E-state index contributed by atoms with van der Waals surface area (Å²) < 4.78 is 11.3. The molecule has 2 atom stereocenters. The van der Waals surface area contributed by atoms with Gasteiger partial charge >= 0.3 is 6.09 Å². The molecule has 1 aliphatic heterocycles. The van der Waals surface area contributed by atoms with E-state index in [9.17, 15) is 9.90 Å². The van der Waals surface area contributed by atoms with E-state index >= 15 is 0 Å². The molecular weight excluding hydrogens is 458 g/mol. The smallest absolute Gasteiger partial charge is 0.410 e. The van der Waals surface area contributed by atoms with Crippen LogP contribution in [0.2, 0.25) is 0 Å². The number of nitrogens with zero attached hydrogens (tertiary/aromatic N) is 3. The highest BCUT2D eigenvalue weighted by atomic mass is 16.6. The Balaban J connectivity index is 1.40. The Morgan fingerprint density at radius 3 is 2.47 bits per heavy atom. The third-order valence-electron chi connectivity index (χ3n) is 5.90. The number of hydrogen-bond acceptors (Lipinski definition) is 8. The van der Waals surface area contributed by atoms with Crippen LogP contribution >= 0.6 is 0 Å². The van der Waals surface area contributed by atoms with Gasteiger partial charge in [0.2, 0.25) is 0 Å². The van der Waals surface area contributed by atoms with E-state index in [0.717, 1.165) is 11.3 Å².